The summed E-state index contributed by atoms with van der Waals surface area (Å²) in [5.74, 6) is -1.51. The number of primary amides is 1. The summed E-state index contributed by atoms with van der Waals surface area (Å²) in [4.78, 5) is 24.4. The molecule has 1 saturated heterocycles. The number of nitrogens with zero attached hydrogens (tertiary/aromatic N) is 1. The second-order valence-corrected chi connectivity index (χ2v) is 10.7. The fourth-order valence-electron chi connectivity index (χ4n) is 4.78. The van der Waals surface area contributed by atoms with Crippen LogP contribution in [0.5, 0.6) is 0 Å². The van der Waals surface area contributed by atoms with E-state index in [0.717, 1.165) is 11.1 Å². The third-order valence-electron chi connectivity index (χ3n) is 6.16. The van der Waals surface area contributed by atoms with Gasteiger partial charge in [0.25, 0.3) is 0 Å². The standard InChI is InChI=1S/C26H29Cl2N3O3/c1-25(2,3)14-20-22(24(33)34-12-11-21(30)32)31-23(16-5-4-6-19(28)13-16)26(20,15-29)17-7-9-18(27)10-8-17/h4-10,13,20,22-23,31H,11-12,14H2,1-3H3,(H2,30,32)/t20-,22+,23+,26+/m0/s1. The Morgan fingerprint density at radius 1 is 1.15 bits per heavy atom. The summed E-state index contributed by atoms with van der Waals surface area (Å²) in [7, 11) is 0. The molecular weight excluding hydrogens is 473 g/mol. The molecule has 0 bridgehead atoms. The molecule has 0 aliphatic carbocycles. The molecule has 3 rings (SSSR count). The minimum atomic E-state index is -1.12. The maximum atomic E-state index is 13.3. The lowest BCUT2D eigenvalue weighted by Gasteiger charge is -2.37. The Balaban J connectivity index is 2.17. The molecule has 1 aliphatic rings. The number of carbonyl (C=O) groups excluding carboxylic acids is 2. The van der Waals surface area contributed by atoms with Crippen molar-refractivity contribution in [3.8, 4) is 6.07 Å². The molecule has 1 heterocycles. The number of nitrogens with one attached hydrogen (secondary N) is 1. The van der Waals surface area contributed by atoms with Crippen molar-refractivity contribution in [1.82, 2.24) is 5.32 Å². The summed E-state index contributed by atoms with van der Waals surface area (Å²) in [5, 5.41) is 15.3. The van der Waals surface area contributed by atoms with Gasteiger partial charge in [0.05, 0.1) is 18.5 Å². The molecule has 1 fully saturated rings. The zero-order chi connectivity index (χ0) is 25.1. The summed E-state index contributed by atoms with van der Waals surface area (Å²) >= 11 is 12.5. The Morgan fingerprint density at radius 2 is 1.82 bits per heavy atom. The molecule has 180 valence electrons. The molecule has 2 aromatic rings. The van der Waals surface area contributed by atoms with E-state index >= 15 is 0 Å². The van der Waals surface area contributed by atoms with Crippen LogP contribution in [0.1, 0.15) is 50.8 Å². The van der Waals surface area contributed by atoms with Gasteiger partial charge >= 0.3 is 5.97 Å². The third kappa shape index (κ3) is 5.55. The number of nitriles is 1. The predicted molar refractivity (Wildman–Crippen MR) is 132 cm³/mol. The van der Waals surface area contributed by atoms with Crippen LogP contribution >= 0.6 is 23.2 Å². The van der Waals surface area contributed by atoms with E-state index in [0.29, 0.717) is 16.5 Å². The van der Waals surface area contributed by atoms with E-state index in [9.17, 15) is 14.9 Å². The number of hydrogen-bond donors (Lipinski definition) is 2. The molecule has 1 aliphatic heterocycles. The van der Waals surface area contributed by atoms with Gasteiger partial charge in [0, 0.05) is 16.0 Å². The maximum Gasteiger partial charge on any atom is 0.323 e. The van der Waals surface area contributed by atoms with Gasteiger partial charge in [-0.25, -0.2) is 0 Å². The zero-order valence-electron chi connectivity index (χ0n) is 19.5. The molecule has 1 amide bonds. The highest BCUT2D eigenvalue weighted by atomic mass is 35.5. The van der Waals surface area contributed by atoms with Crippen LogP contribution in [-0.4, -0.2) is 24.5 Å². The first-order valence-corrected chi connectivity index (χ1v) is 11.9. The molecule has 3 N–H and O–H groups in total. The smallest absolute Gasteiger partial charge is 0.323 e. The SMILES string of the molecule is CC(C)(C)C[C@H]1[C@H](C(=O)OCCC(N)=O)N[C@H](c2cccc(Cl)c2)[C@]1(C#N)c1ccc(Cl)cc1. The number of ether oxygens (including phenoxy) is 1. The van der Waals surface area contributed by atoms with E-state index in [2.05, 4.69) is 32.2 Å². The molecule has 0 aromatic heterocycles. The quantitative estimate of drug-likeness (QED) is 0.522. The summed E-state index contributed by atoms with van der Waals surface area (Å²) in [6.07, 6.45) is 0.490. The van der Waals surface area contributed by atoms with Crippen molar-refractivity contribution in [3.05, 3.63) is 69.7 Å². The summed E-state index contributed by atoms with van der Waals surface area (Å²) in [5.41, 5.74) is 5.42. The topological polar surface area (TPSA) is 105 Å². The van der Waals surface area contributed by atoms with Gasteiger partial charge in [-0.05, 0) is 47.2 Å². The van der Waals surface area contributed by atoms with Gasteiger partial charge in [-0.15, -0.1) is 0 Å². The molecular formula is C26H29Cl2N3O3. The van der Waals surface area contributed by atoms with Crippen molar-refractivity contribution in [2.75, 3.05) is 6.61 Å². The number of hydrogen-bond acceptors (Lipinski definition) is 5. The zero-order valence-corrected chi connectivity index (χ0v) is 21.0. The van der Waals surface area contributed by atoms with Crippen molar-refractivity contribution >= 4 is 35.1 Å². The highest BCUT2D eigenvalue weighted by molar-refractivity contribution is 6.30. The summed E-state index contributed by atoms with van der Waals surface area (Å²) in [6.45, 7) is 6.09. The number of amides is 1. The molecule has 0 unspecified atom stereocenters. The van der Waals surface area contributed by atoms with Crippen molar-refractivity contribution < 1.29 is 14.3 Å². The van der Waals surface area contributed by atoms with Crippen molar-refractivity contribution in [2.24, 2.45) is 17.1 Å². The molecule has 2 aromatic carbocycles. The normalized spacial score (nSPS) is 24.4. The predicted octanol–water partition coefficient (Wildman–Crippen LogP) is 4.94. The van der Waals surface area contributed by atoms with Crippen LogP contribution in [-0.2, 0) is 19.7 Å². The molecule has 0 radical (unpaired) electrons. The molecule has 8 heteroatoms. The monoisotopic (exact) mass is 501 g/mol. The number of esters is 1. The molecule has 0 spiro atoms. The van der Waals surface area contributed by atoms with E-state index in [1.165, 1.54) is 0 Å². The van der Waals surface area contributed by atoms with Crippen LogP contribution in [0.4, 0.5) is 0 Å². The summed E-state index contributed by atoms with van der Waals surface area (Å²) in [6, 6.07) is 15.7. The Morgan fingerprint density at radius 3 is 2.38 bits per heavy atom. The fraction of sp³-hybridized carbons (Fsp3) is 0.423. The minimum Gasteiger partial charge on any atom is -0.464 e. The number of rotatable bonds is 7. The molecule has 4 atom stereocenters. The first kappa shape index (κ1) is 26.0. The third-order valence-corrected chi connectivity index (χ3v) is 6.64. The van der Waals surface area contributed by atoms with E-state index in [4.69, 9.17) is 33.7 Å². The van der Waals surface area contributed by atoms with E-state index < -0.39 is 35.3 Å². The molecule has 0 saturated carbocycles. The average molecular weight is 502 g/mol. The second kappa shape index (κ2) is 10.4. The highest BCUT2D eigenvalue weighted by Crippen LogP contribution is 2.53. The van der Waals surface area contributed by atoms with E-state index in [1.54, 1.807) is 24.3 Å². The van der Waals surface area contributed by atoms with Gasteiger partial charge in [-0.1, -0.05) is 68.2 Å². The number of nitrogens with two attached hydrogens (primary N) is 1. The van der Waals surface area contributed by atoms with Crippen molar-refractivity contribution in [2.45, 2.75) is 51.1 Å². The Labute approximate surface area is 210 Å². The summed E-state index contributed by atoms with van der Waals surface area (Å²) < 4.78 is 5.42. The van der Waals surface area contributed by atoms with Crippen molar-refractivity contribution in [1.29, 1.82) is 5.26 Å². The Hall–Kier alpha value is -2.59. The largest absolute Gasteiger partial charge is 0.464 e. The van der Waals surface area contributed by atoms with Gasteiger partial charge in [0.1, 0.15) is 18.1 Å². The first-order valence-electron chi connectivity index (χ1n) is 11.1. The van der Waals surface area contributed by atoms with Gasteiger partial charge in [-0.3, -0.25) is 14.9 Å². The maximum absolute atomic E-state index is 13.3. The Bertz CT molecular complexity index is 1090. The van der Waals surface area contributed by atoms with E-state index in [-0.39, 0.29) is 18.4 Å². The van der Waals surface area contributed by atoms with Crippen LogP contribution in [0.15, 0.2) is 48.5 Å². The Kier molecular flexibility index (Phi) is 7.92. The van der Waals surface area contributed by atoms with Gasteiger partial charge in [-0.2, -0.15) is 5.26 Å². The van der Waals surface area contributed by atoms with Crippen LogP contribution in [0.25, 0.3) is 0 Å². The highest BCUT2D eigenvalue weighted by Gasteiger charge is 2.60. The molecule has 6 nitrogen and oxygen atoms in total. The van der Waals surface area contributed by atoms with Crippen LogP contribution in [0.2, 0.25) is 10.0 Å². The van der Waals surface area contributed by atoms with Gasteiger partial charge < -0.3 is 10.5 Å². The molecule has 34 heavy (non-hydrogen) atoms. The average Bonchev–Trinajstić information content (AvgIpc) is 3.07. The lowest BCUT2D eigenvalue weighted by Crippen LogP contribution is -2.42. The first-order chi connectivity index (χ1) is 16.0. The van der Waals surface area contributed by atoms with Crippen molar-refractivity contribution in [3.63, 3.8) is 0 Å². The minimum absolute atomic E-state index is 0.0688. The van der Waals surface area contributed by atoms with Gasteiger partial charge in [0.2, 0.25) is 5.91 Å². The second-order valence-electron chi connectivity index (χ2n) is 9.88. The number of halogens is 2. The van der Waals surface area contributed by atoms with E-state index in [1.807, 2.05) is 24.3 Å². The van der Waals surface area contributed by atoms with Gasteiger partial charge in [0.15, 0.2) is 0 Å². The van der Waals surface area contributed by atoms with Crippen LogP contribution in [0.3, 0.4) is 0 Å². The lowest BCUT2D eigenvalue weighted by molar-refractivity contribution is -0.147. The lowest BCUT2D eigenvalue weighted by atomic mass is 9.62. The number of carbonyl (C=O) groups is 2. The number of benzene rings is 2. The van der Waals surface area contributed by atoms with Crippen LogP contribution < -0.4 is 11.1 Å². The fourth-order valence-corrected chi connectivity index (χ4v) is 5.11. The van der Waals surface area contributed by atoms with Crippen LogP contribution in [0, 0.1) is 22.7 Å².